The van der Waals surface area contributed by atoms with Crippen molar-refractivity contribution in [3.05, 3.63) is 0 Å². The van der Waals surface area contributed by atoms with Crippen molar-refractivity contribution in [2.75, 3.05) is 24.2 Å². The van der Waals surface area contributed by atoms with Crippen LogP contribution in [0.2, 0.25) is 0 Å². The molecule has 2 nitrogen and oxygen atoms in total. The maximum Gasteiger partial charge on any atom is 0.156 e. The zero-order valence-corrected chi connectivity index (χ0v) is 10.0. The lowest BCUT2D eigenvalue weighted by molar-refractivity contribution is 0.468. The summed E-state index contributed by atoms with van der Waals surface area (Å²) in [6, 6.07) is 0. The van der Waals surface area contributed by atoms with Crippen LogP contribution in [0.4, 0.5) is 0 Å². The first-order chi connectivity index (χ1) is 5.24. The van der Waals surface area contributed by atoms with E-state index >= 15 is 0 Å². The molecule has 0 aliphatic carbocycles. The molecule has 1 saturated heterocycles. The van der Waals surface area contributed by atoms with Gasteiger partial charge in [0.25, 0.3) is 0 Å². The zero-order chi connectivity index (χ0) is 8.27. The van der Waals surface area contributed by atoms with Crippen molar-refractivity contribution in [3.63, 3.8) is 0 Å². The highest BCUT2D eigenvalue weighted by Crippen LogP contribution is 2.18. The zero-order valence-electron chi connectivity index (χ0n) is 6.02. The quantitative estimate of drug-likeness (QED) is 0.809. The second-order valence-corrected chi connectivity index (χ2v) is 5.38. The maximum absolute atomic E-state index is 7.53. The lowest BCUT2D eigenvalue weighted by atomic mass is 10.4. The predicted molar refractivity (Wildman–Crippen MR) is 58.3 cm³/mol. The molecular formula is C6H10Br2N2S. The molecule has 0 aromatic carbocycles. The summed E-state index contributed by atoms with van der Waals surface area (Å²) >= 11 is 8.54. The molecule has 0 aromatic rings. The number of halogens is 2. The highest BCUT2D eigenvalue weighted by molar-refractivity contribution is 9.12. The first-order valence-electron chi connectivity index (χ1n) is 3.40. The smallest absolute Gasteiger partial charge is 0.156 e. The van der Waals surface area contributed by atoms with Gasteiger partial charge in [-0.25, -0.2) is 0 Å². The number of nitrogens with zero attached hydrogens (tertiary/aromatic N) is 1. The molecule has 0 radical (unpaired) electrons. The molecule has 5 heteroatoms. The molecule has 1 aliphatic heterocycles. The van der Waals surface area contributed by atoms with Crippen LogP contribution in [-0.2, 0) is 0 Å². The van der Waals surface area contributed by atoms with Gasteiger partial charge in [0.1, 0.15) is 0 Å². The van der Waals surface area contributed by atoms with Crippen molar-refractivity contribution < 1.29 is 0 Å². The molecule has 1 unspecified atom stereocenters. The van der Waals surface area contributed by atoms with Gasteiger partial charge >= 0.3 is 0 Å². The minimum absolute atomic E-state index is 0.460. The standard InChI is InChI=1S/C6H10Br2N2S/c7-3-5(8)4-10-1-2-11-6(10)9/h5,9H,1-4H2. The van der Waals surface area contributed by atoms with Crippen LogP contribution in [0.1, 0.15) is 0 Å². The third-order valence-electron chi connectivity index (χ3n) is 1.47. The van der Waals surface area contributed by atoms with Crippen LogP contribution in [0.3, 0.4) is 0 Å². The van der Waals surface area contributed by atoms with Crippen LogP contribution in [0, 0.1) is 5.41 Å². The normalized spacial score (nSPS) is 20.9. The molecule has 0 spiro atoms. The molecule has 1 aliphatic rings. The van der Waals surface area contributed by atoms with Gasteiger partial charge in [0.05, 0.1) is 0 Å². The average molecular weight is 302 g/mol. The first kappa shape index (κ1) is 9.86. The summed E-state index contributed by atoms with van der Waals surface area (Å²) in [5, 5.41) is 9.19. The second kappa shape index (κ2) is 4.72. The lowest BCUT2D eigenvalue weighted by Gasteiger charge is -2.18. The van der Waals surface area contributed by atoms with Crippen molar-refractivity contribution in [3.8, 4) is 0 Å². The molecule has 64 valence electrons. The van der Waals surface area contributed by atoms with E-state index < -0.39 is 0 Å². The number of thioether (sulfide) groups is 1. The first-order valence-corrected chi connectivity index (χ1v) is 6.42. The van der Waals surface area contributed by atoms with E-state index in [-0.39, 0.29) is 0 Å². The minimum Gasteiger partial charge on any atom is -0.350 e. The summed E-state index contributed by atoms with van der Waals surface area (Å²) in [5.41, 5.74) is 0. The Morgan fingerprint density at radius 3 is 2.91 bits per heavy atom. The van der Waals surface area contributed by atoms with Gasteiger partial charge in [0.2, 0.25) is 0 Å². The number of alkyl halides is 2. The van der Waals surface area contributed by atoms with E-state index in [0.717, 1.165) is 29.3 Å². The van der Waals surface area contributed by atoms with Crippen molar-refractivity contribution >= 4 is 48.8 Å². The Morgan fingerprint density at radius 1 is 1.73 bits per heavy atom. The van der Waals surface area contributed by atoms with Gasteiger partial charge in [-0.1, -0.05) is 43.6 Å². The third kappa shape index (κ3) is 2.95. The summed E-state index contributed by atoms with van der Waals surface area (Å²) in [7, 11) is 0. The molecule has 0 bridgehead atoms. The summed E-state index contributed by atoms with van der Waals surface area (Å²) < 4.78 is 0. The molecule has 1 N–H and O–H groups in total. The van der Waals surface area contributed by atoms with E-state index in [9.17, 15) is 0 Å². The summed E-state index contributed by atoms with van der Waals surface area (Å²) in [6.07, 6.45) is 0. The van der Waals surface area contributed by atoms with Crippen molar-refractivity contribution in [2.24, 2.45) is 0 Å². The van der Waals surface area contributed by atoms with Crippen LogP contribution in [0.25, 0.3) is 0 Å². The average Bonchev–Trinajstić information content (AvgIpc) is 2.37. The van der Waals surface area contributed by atoms with Crippen LogP contribution in [-0.4, -0.2) is 39.1 Å². The van der Waals surface area contributed by atoms with Gasteiger partial charge in [0, 0.05) is 29.0 Å². The number of nitrogens with one attached hydrogen (secondary N) is 1. The fourth-order valence-corrected chi connectivity index (χ4v) is 2.32. The molecule has 1 rings (SSSR count). The fraction of sp³-hybridized carbons (Fsp3) is 0.833. The number of rotatable bonds is 3. The molecule has 0 saturated carbocycles. The lowest BCUT2D eigenvalue weighted by Crippen LogP contribution is -2.30. The van der Waals surface area contributed by atoms with Gasteiger partial charge < -0.3 is 4.90 Å². The van der Waals surface area contributed by atoms with E-state index in [2.05, 4.69) is 36.8 Å². The van der Waals surface area contributed by atoms with E-state index in [1.807, 2.05) is 0 Å². The van der Waals surface area contributed by atoms with Crippen molar-refractivity contribution in [1.29, 1.82) is 5.41 Å². The second-order valence-electron chi connectivity index (χ2n) is 2.35. The van der Waals surface area contributed by atoms with E-state index in [1.165, 1.54) is 0 Å². The van der Waals surface area contributed by atoms with Gasteiger partial charge in [-0.2, -0.15) is 0 Å². The predicted octanol–water partition coefficient (Wildman–Crippen LogP) is 2.13. The van der Waals surface area contributed by atoms with E-state index in [4.69, 9.17) is 5.41 Å². The molecule has 1 fully saturated rings. The van der Waals surface area contributed by atoms with E-state index in [0.29, 0.717) is 4.83 Å². The molecule has 11 heavy (non-hydrogen) atoms. The number of hydrogen-bond acceptors (Lipinski definition) is 2. The number of amidine groups is 1. The Bertz CT molecular complexity index is 154. The Balaban J connectivity index is 2.30. The molecule has 0 aromatic heterocycles. The summed E-state index contributed by atoms with van der Waals surface area (Å²) in [5.74, 6) is 1.07. The van der Waals surface area contributed by atoms with Gasteiger partial charge in [-0.3, -0.25) is 5.41 Å². The molecular weight excluding hydrogens is 292 g/mol. The summed E-state index contributed by atoms with van der Waals surface area (Å²) in [6.45, 7) is 1.97. The van der Waals surface area contributed by atoms with Gasteiger partial charge in [0.15, 0.2) is 5.17 Å². The van der Waals surface area contributed by atoms with E-state index in [1.54, 1.807) is 11.8 Å². The maximum atomic E-state index is 7.53. The number of hydrogen-bond donors (Lipinski definition) is 1. The summed E-state index contributed by atoms with van der Waals surface area (Å²) in [4.78, 5) is 2.56. The highest BCUT2D eigenvalue weighted by atomic mass is 79.9. The molecule has 0 amide bonds. The Morgan fingerprint density at radius 2 is 2.45 bits per heavy atom. The van der Waals surface area contributed by atoms with Gasteiger partial charge in [-0.15, -0.1) is 0 Å². The SMILES string of the molecule is N=C1SCCN1CC(Br)CBr. The highest BCUT2D eigenvalue weighted by Gasteiger charge is 2.19. The van der Waals surface area contributed by atoms with Crippen LogP contribution in [0.5, 0.6) is 0 Å². The fourth-order valence-electron chi connectivity index (χ4n) is 0.907. The Kier molecular flexibility index (Phi) is 4.23. The minimum atomic E-state index is 0.460. The largest absolute Gasteiger partial charge is 0.350 e. The topological polar surface area (TPSA) is 27.1 Å². The Labute approximate surface area is 87.9 Å². The molecule has 1 atom stereocenters. The third-order valence-corrected chi connectivity index (χ3v) is 4.66. The van der Waals surface area contributed by atoms with Crippen LogP contribution in [0.15, 0.2) is 0 Å². The molecule has 1 heterocycles. The Hall–Kier alpha value is 0.780. The van der Waals surface area contributed by atoms with Crippen molar-refractivity contribution in [2.45, 2.75) is 4.83 Å². The van der Waals surface area contributed by atoms with Crippen LogP contribution < -0.4 is 0 Å². The monoisotopic (exact) mass is 300 g/mol. The van der Waals surface area contributed by atoms with Crippen molar-refractivity contribution in [1.82, 2.24) is 4.90 Å². The van der Waals surface area contributed by atoms with Gasteiger partial charge in [-0.05, 0) is 0 Å². The van der Waals surface area contributed by atoms with Crippen LogP contribution >= 0.6 is 43.6 Å².